The topological polar surface area (TPSA) is 133 Å². The Hall–Kier alpha value is -3.13. The summed E-state index contributed by atoms with van der Waals surface area (Å²) < 4.78 is 136. The van der Waals surface area contributed by atoms with Gasteiger partial charge in [0, 0.05) is 28.8 Å². The van der Waals surface area contributed by atoms with Gasteiger partial charge < -0.3 is 15.5 Å². The third-order valence-electron chi connectivity index (χ3n) is 6.76. The molecule has 4 rings (SSSR count). The molecule has 3 N–H and O–H groups in total. The van der Waals surface area contributed by atoms with Crippen LogP contribution >= 0.6 is 11.8 Å². The molecule has 0 saturated heterocycles. The summed E-state index contributed by atoms with van der Waals surface area (Å²) in [4.78, 5) is 7.23. The number of nitrogens with one attached hydrogen (secondary N) is 3. The lowest BCUT2D eigenvalue weighted by atomic mass is 10.1. The van der Waals surface area contributed by atoms with Crippen molar-refractivity contribution in [3.8, 4) is 0 Å². The number of benzene rings is 2. The molecule has 0 saturated carbocycles. The fraction of sp³-hybridized carbons (Fsp3) is 0.407. The number of sulfone groups is 1. The molecule has 10 nitrogen and oxygen atoms in total. The van der Waals surface area contributed by atoms with Crippen LogP contribution in [0.15, 0.2) is 63.2 Å². The zero-order valence-corrected chi connectivity index (χ0v) is 26.9. The lowest BCUT2D eigenvalue weighted by molar-refractivity contribution is -0.145. The first-order valence-electron chi connectivity index (χ1n) is 13.6. The van der Waals surface area contributed by atoms with Crippen molar-refractivity contribution in [2.75, 3.05) is 43.0 Å². The summed E-state index contributed by atoms with van der Waals surface area (Å²) >= 11 is 1.39. The Bertz CT molecular complexity index is 1760. The van der Waals surface area contributed by atoms with E-state index in [4.69, 9.17) is 0 Å². The van der Waals surface area contributed by atoms with Gasteiger partial charge in [-0.05, 0) is 70.4 Å². The van der Waals surface area contributed by atoms with E-state index in [2.05, 4.69) is 20.6 Å². The monoisotopic (exact) mass is 712 g/mol. The van der Waals surface area contributed by atoms with Crippen molar-refractivity contribution in [1.82, 2.24) is 20.2 Å². The van der Waals surface area contributed by atoms with Gasteiger partial charge in [0.1, 0.15) is 10.7 Å². The Morgan fingerprint density at radius 3 is 2.33 bits per heavy atom. The largest absolute Gasteiger partial charge is 0.501 e. The molecule has 3 aromatic rings. The molecule has 2 heterocycles. The third kappa shape index (κ3) is 8.61. The number of thioether (sulfide) groups is 1. The molecular weight excluding hydrogens is 683 g/mol. The molecule has 46 heavy (non-hydrogen) atoms. The number of sulfonamides is 1. The molecule has 0 radical (unpaired) electrons. The van der Waals surface area contributed by atoms with Crippen LogP contribution in [-0.4, -0.2) is 76.2 Å². The fourth-order valence-corrected chi connectivity index (χ4v) is 7.51. The predicted molar refractivity (Wildman–Crippen MR) is 161 cm³/mol. The summed E-state index contributed by atoms with van der Waals surface area (Å²) in [6.07, 6.45) is -4.59. The molecule has 1 aliphatic rings. The third-order valence-corrected chi connectivity index (χ3v) is 10.8. The van der Waals surface area contributed by atoms with Crippen LogP contribution in [0, 0.1) is 0 Å². The van der Waals surface area contributed by atoms with E-state index in [0.29, 0.717) is 24.8 Å². The van der Waals surface area contributed by atoms with Gasteiger partial charge in [-0.25, -0.2) is 26.8 Å². The number of halogens is 6. The molecule has 0 bridgehead atoms. The van der Waals surface area contributed by atoms with Crippen LogP contribution in [0.2, 0.25) is 0 Å². The lowest BCUT2D eigenvalue weighted by Crippen LogP contribution is -2.30. The van der Waals surface area contributed by atoms with Crippen LogP contribution in [0.5, 0.6) is 0 Å². The fourth-order valence-electron chi connectivity index (χ4n) is 4.44. The Balaban J connectivity index is 1.74. The quantitative estimate of drug-likeness (QED) is 0.178. The SMILES string of the molecule is CN(C)CC[C@H](CSc1ccccc1)Nc1ccc(S(=O)(=O)Nc2nc(C(F)(F)F)nc3c2CCNC3)cc1S(=O)(=O)C(F)(F)F. The molecule has 0 unspecified atom stereocenters. The predicted octanol–water partition coefficient (Wildman–Crippen LogP) is 4.76. The van der Waals surface area contributed by atoms with Crippen LogP contribution in [0.4, 0.5) is 37.8 Å². The highest BCUT2D eigenvalue weighted by Gasteiger charge is 2.48. The van der Waals surface area contributed by atoms with Gasteiger partial charge in [0.15, 0.2) is 0 Å². The second kappa shape index (κ2) is 13.9. The number of nitrogens with zero attached hydrogens (tertiary/aromatic N) is 3. The molecule has 0 fully saturated rings. The van der Waals surface area contributed by atoms with Gasteiger partial charge in [0.25, 0.3) is 19.9 Å². The molecule has 0 aliphatic carbocycles. The summed E-state index contributed by atoms with van der Waals surface area (Å²) in [5.74, 6) is -2.01. The average Bonchev–Trinajstić information content (AvgIpc) is 2.97. The second-order valence-electron chi connectivity index (χ2n) is 10.5. The number of anilines is 2. The molecular formula is C27H30F6N6O4S3. The van der Waals surface area contributed by atoms with E-state index < -0.39 is 64.7 Å². The maximum atomic E-state index is 13.9. The lowest BCUT2D eigenvalue weighted by Gasteiger charge is -2.24. The van der Waals surface area contributed by atoms with Crippen LogP contribution in [0.25, 0.3) is 0 Å². The van der Waals surface area contributed by atoms with E-state index in [1.165, 1.54) is 11.8 Å². The number of hydrogen-bond acceptors (Lipinski definition) is 10. The van der Waals surface area contributed by atoms with Crippen molar-refractivity contribution in [3.63, 3.8) is 0 Å². The molecule has 0 amide bonds. The Morgan fingerprint density at radius 1 is 1.00 bits per heavy atom. The van der Waals surface area contributed by atoms with Crippen molar-refractivity contribution in [2.24, 2.45) is 0 Å². The second-order valence-corrected chi connectivity index (χ2v) is 15.2. The molecule has 2 aromatic carbocycles. The van der Waals surface area contributed by atoms with Crippen LogP contribution in [-0.2, 0) is 39.0 Å². The van der Waals surface area contributed by atoms with Crippen LogP contribution < -0.4 is 15.4 Å². The van der Waals surface area contributed by atoms with Crippen molar-refractivity contribution >= 4 is 43.1 Å². The summed E-state index contributed by atoms with van der Waals surface area (Å²) in [5.41, 5.74) is -6.32. The molecule has 1 aliphatic heterocycles. The van der Waals surface area contributed by atoms with E-state index in [0.717, 1.165) is 17.0 Å². The highest BCUT2D eigenvalue weighted by atomic mass is 32.2. The number of alkyl halides is 6. The maximum absolute atomic E-state index is 13.9. The van der Waals surface area contributed by atoms with Gasteiger partial charge >= 0.3 is 11.7 Å². The van der Waals surface area contributed by atoms with E-state index in [1.807, 2.05) is 40.0 Å². The first kappa shape index (κ1) is 35.7. The summed E-state index contributed by atoms with van der Waals surface area (Å²) in [5, 5.41) is 5.67. The van der Waals surface area contributed by atoms with E-state index in [1.54, 1.807) is 14.1 Å². The summed E-state index contributed by atoms with van der Waals surface area (Å²) in [7, 11) is -7.47. The minimum atomic E-state index is -6.10. The van der Waals surface area contributed by atoms with Gasteiger partial charge in [-0.1, -0.05) is 18.2 Å². The van der Waals surface area contributed by atoms with Crippen molar-refractivity contribution in [3.05, 3.63) is 65.6 Å². The molecule has 1 aromatic heterocycles. The van der Waals surface area contributed by atoms with Crippen LogP contribution in [0.3, 0.4) is 0 Å². The molecule has 1 atom stereocenters. The van der Waals surface area contributed by atoms with E-state index in [-0.39, 0.29) is 30.8 Å². The van der Waals surface area contributed by atoms with Gasteiger partial charge in [-0.3, -0.25) is 4.72 Å². The molecule has 252 valence electrons. The Kier molecular flexibility index (Phi) is 10.8. The van der Waals surface area contributed by atoms with Gasteiger partial charge in [-0.2, -0.15) is 26.3 Å². The average molecular weight is 713 g/mol. The summed E-state index contributed by atoms with van der Waals surface area (Å²) in [6.45, 7) is 0.646. The first-order valence-corrected chi connectivity index (χ1v) is 17.6. The Morgan fingerprint density at radius 2 is 1.70 bits per heavy atom. The van der Waals surface area contributed by atoms with Crippen molar-refractivity contribution < 1.29 is 43.2 Å². The highest BCUT2D eigenvalue weighted by molar-refractivity contribution is 7.99. The number of hydrogen-bond donors (Lipinski definition) is 3. The molecule has 0 spiro atoms. The van der Waals surface area contributed by atoms with Gasteiger partial charge in [0.05, 0.1) is 16.3 Å². The van der Waals surface area contributed by atoms with Crippen LogP contribution in [0.1, 0.15) is 23.5 Å². The normalized spacial score (nSPS) is 15.0. The zero-order chi connectivity index (χ0) is 33.9. The van der Waals surface area contributed by atoms with Gasteiger partial charge in [-0.15, -0.1) is 11.8 Å². The highest BCUT2D eigenvalue weighted by Crippen LogP contribution is 2.37. The van der Waals surface area contributed by atoms with Gasteiger partial charge in [0.2, 0.25) is 5.82 Å². The van der Waals surface area contributed by atoms with E-state index >= 15 is 0 Å². The number of fused-ring (bicyclic) bond motifs is 1. The standard InChI is InChI=1S/C27H30F6N6O4S3/c1-39(2)13-11-17(16-44-18-6-4-3-5-7-18)35-21-9-8-19(14-23(21)45(40,41)27(31,32)33)46(42,43)38-24-20-10-12-34-15-22(20)36-25(37-24)26(28,29)30/h3-9,14,17,34-35H,10-13,15-16H2,1-2H3,(H,36,37,38)/t17-/m1/s1. The Labute approximate surface area is 266 Å². The van der Waals surface area contributed by atoms with Crippen molar-refractivity contribution in [1.29, 1.82) is 0 Å². The van der Waals surface area contributed by atoms with Crippen molar-refractivity contribution in [2.45, 2.75) is 51.8 Å². The first-order chi connectivity index (χ1) is 21.4. The number of rotatable bonds is 12. The number of aromatic nitrogens is 2. The van der Waals surface area contributed by atoms with E-state index in [9.17, 15) is 43.2 Å². The minimum Gasteiger partial charge on any atom is -0.380 e. The molecule has 19 heteroatoms. The summed E-state index contributed by atoms with van der Waals surface area (Å²) in [6, 6.07) is 10.6. The minimum absolute atomic E-state index is 0.0528. The smallest absolute Gasteiger partial charge is 0.380 e. The zero-order valence-electron chi connectivity index (χ0n) is 24.4. The maximum Gasteiger partial charge on any atom is 0.501 e.